The van der Waals surface area contributed by atoms with E-state index < -0.39 is 17.8 Å². The van der Waals surface area contributed by atoms with Crippen LogP contribution in [-0.4, -0.2) is 25.5 Å². The van der Waals surface area contributed by atoms with Crippen LogP contribution in [0.1, 0.15) is 42.7 Å². The van der Waals surface area contributed by atoms with Crippen molar-refractivity contribution in [3.05, 3.63) is 88.2 Å². The number of methoxy groups -OCH3 is 1. The van der Waals surface area contributed by atoms with E-state index in [-0.39, 0.29) is 18.3 Å². The Balaban J connectivity index is 1.82. The molecule has 2 aromatic carbocycles. The minimum absolute atomic E-state index is 0.0106. The summed E-state index contributed by atoms with van der Waals surface area (Å²) in [6.07, 6.45) is 0.999. The van der Waals surface area contributed by atoms with Crippen molar-refractivity contribution >= 4 is 23.4 Å². The molecule has 1 aliphatic heterocycles. The molecule has 0 aromatic heterocycles. The number of nitrogens with one attached hydrogen (secondary N) is 1. The summed E-state index contributed by atoms with van der Waals surface area (Å²) in [5.41, 5.74) is 3.79. The maximum atomic E-state index is 13.5. The molecule has 0 spiro atoms. The first-order valence-electron chi connectivity index (χ1n) is 10.7. The Kier molecular flexibility index (Phi) is 6.38. The number of rotatable bonds is 5. The van der Waals surface area contributed by atoms with Crippen molar-refractivity contribution in [1.29, 1.82) is 0 Å². The van der Waals surface area contributed by atoms with Gasteiger partial charge in [0.25, 0.3) is 0 Å². The van der Waals surface area contributed by atoms with Gasteiger partial charge in [-0.2, -0.15) is 0 Å². The smallest absolute Gasteiger partial charge is 0.315 e. The van der Waals surface area contributed by atoms with E-state index in [4.69, 9.17) is 21.1 Å². The van der Waals surface area contributed by atoms with Gasteiger partial charge in [0.05, 0.1) is 13.7 Å². The van der Waals surface area contributed by atoms with Gasteiger partial charge in [-0.3, -0.25) is 9.59 Å². The Hall–Kier alpha value is -3.05. The summed E-state index contributed by atoms with van der Waals surface area (Å²) < 4.78 is 11.0. The van der Waals surface area contributed by atoms with Crippen molar-refractivity contribution in [2.24, 2.45) is 5.92 Å². The molecule has 0 saturated heterocycles. The highest BCUT2D eigenvalue weighted by molar-refractivity contribution is 6.30. The number of Topliss-reactive ketones (excluding diaryl/α,β-unsaturated/α-hetero) is 1. The molecule has 2 aromatic rings. The second-order valence-electron chi connectivity index (χ2n) is 8.07. The van der Waals surface area contributed by atoms with Crippen molar-refractivity contribution in [2.75, 3.05) is 13.7 Å². The third-order valence-corrected chi connectivity index (χ3v) is 6.45. The predicted molar refractivity (Wildman–Crippen MR) is 124 cm³/mol. The van der Waals surface area contributed by atoms with E-state index in [2.05, 4.69) is 11.9 Å². The number of halogens is 1. The molecule has 2 aliphatic rings. The van der Waals surface area contributed by atoms with Crippen LogP contribution < -0.4 is 10.1 Å². The molecule has 3 unspecified atom stereocenters. The van der Waals surface area contributed by atoms with E-state index in [0.717, 1.165) is 16.8 Å². The molecule has 3 atom stereocenters. The van der Waals surface area contributed by atoms with Gasteiger partial charge in [0.15, 0.2) is 5.78 Å². The summed E-state index contributed by atoms with van der Waals surface area (Å²) >= 11 is 6.04. The molecule has 166 valence electrons. The van der Waals surface area contributed by atoms with Crippen LogP contribution in [-0.2, 0) is 14.3 Å². The highest BCUT2D eigenvalue weighted by atomic mass is 35.5. The number of esters is 1. The van der Waals surface area contributed by atoms with E-state index >= 15 is 0 Å². The van der Waals surface area contributed by atoms with Crippen molar-refractivity contribution in [3.63, 3.8) is 0 Å². The second kappa shape index (κ2) is 9.21. The zero-order valence-corrected chi connectivity index (χ0v) is 18.9. The minimum Gasteiger partial charge on any atom is -0.496 e. The number of para-hydroxylation sites is 1. The van der Waals surface area contributed by atoms with E-state index in [1.54, 1.807) is 14.0 Å². The van der Waals surface area contributed by atoms with E-state index in [1.807, 2.05) is 48.5 Å². The Bertz CT molecular complexity index is 1090. The second-order valence-corrected chi connectivity index (χ2v) is 8.51. The molecule has 4 rings (SSSR count). The van der Waals surface area contributed by atoms with Crippen LogP contribution in [0.5, 0.6) is 5.75 Å². The molecule has 0 radical (unpaired) electrons. The lowest BCUT2D eigenvalue weighted by Crippen LogP contribution is -2.42. The standard InChI is InChI=1S/C26H26ClNO4/c1-4-32-26(30)23-15(2)28-20-13-17(16-9-11-18(27)12-10-16)14-21(29)25(20)24(23)19-7-5-6-8-22(19)31-3/h5-12,17,23-24,28H,2,4,13-14H2,1,3H3. The molecule has 0 bridgehead atoms. The van der Waals surface area contributed by atoms with E-state index in [1.165, 1.54) is 0 Å². The number of benzene rings is 2. The fraction of sp³-hybridized carbons (Fsp3) is 0.308. The van der Waals surface area contributed by atoms with Crippen molar-refractivity contribution < 1.29 is 19.1 Å². The molecule has 0 saturated carbocycles. The predicted octanol–water partition coefficient (Wildman–Crippen LogP) is 5.13. The van der Waals surface area contributed by atoms with Gasteiger partial charge >= 0.3 is 5.97 Å². The van der Waals surface area contributed by atoms with Gasteiger partial charge in [0.2, 0.25) is 0 Å². The van der Waals surface area contributed by atoms with Gasteiger partial charge in [0.1, 0.15) is 11.7 Å². The number of hydrogen-bond acceptors (Lipinski definition) is 5. The first-order chi connectivity index (χ1) is 15.4. The Morgan fingerprint density at radius 1 is 1.16 bits per heavy atom. The SMILES string of the molecule is C=C1NC2=C(C(=O)CC(c3ccc(Cl)cc3)C2)C(c2ccccc2OC)C1C(=O)OCC. The normalized spacial score (nSPS) is 22.8. The van der Waals surface area contributed by atoms with Gasteiger partial charge in [-0.05, 0) is 43.0 Å². The van der Waals surface area contributed by atoms with Crippen LogP contribution in [0.15, 0.2) is 72.1 Å². The molecule has 0 amide bonds. The fourth-order valence-corrected chi connectivity index (χ4v) is 4.91. The van der Waals surface area contributed by atoms with Gasteiger partial charge in [0, 0.05) is 39.9 Å². The lowest BCUT2D eigenvalue weighted by Gasteiger charge is -2.40. The Morgan fingerprint density at radius 2 is 1.88 bits per heavy atom. The van der Waals surface area contributed by atoms with Crippen LogP contribution in [0.4, 0.5) is 0 Å². The molecule has 0 fully saturated rings. The number of hydrogen-bond donors (Lipinski definition) is 1. The summed E-state index contributed by atoms with van der Waals surface area (Å²) in [5, 5.41) is 3.94. The maximum Gasteiger partial charge on any atom is 0.315 e. The molecular weight excluding hydrogens is 426 g/mol. The van der Waals surface area contributed by atoms with Gasteiger partial charge < -0.3 is 14.8 Å². The third kappa shape index (κ3) is 4.05. The van der Waals surface area contributed by atoms with Crippen LogP contribution in [0.2, 0.25) is 5.02 Å². The molecule has 1 heterocycles. The summed E-state index contributed by atoms with van der Waals surface area (Å²) in [4.78, 5) is 26.5. The zero-order valence-electron chi connectivity index (χ0n) is 18.2. The zero-order chi connectivity index (χ0) is 22.8. The first-order valence-corrected chi connectivity index (χ1v) is 11.1. The first kappa shape index (κ1) is 22.2. The quantitative estimate of drug-likeness (QED) is 0.638. The molecule has 6 heteroatoms. The molecular formula is C26H26ClNO4. The summed E-state index contributed by atoms with van der Waals surface area (Å²) in [5.74, 6) is -0.984. The van der Waals surface area contributed by atoms with E-state index in [0.29, 0.717) is 34.9 Å². The lowest BCUT2D eigenvalue weighted by atomic mass is 9.69. The number of ketones is 1. The summed E-state index contributed by atoms with van der Waals surface area (Å²) in [6.45, 7) is 6.16. The van der Waals surface area contributed by atoms with E-state index in [9.17, 15) is 9.59 Å². The molecule has 32 heavy (non-hydrogen) atoms. The third-order valence-electron chi connectivity index (χ3n) is 6.19. The summed E-state index contributed by atoms with van der Waals surface area (Å²) in [7, 11) is 1.59. The maximum absolute atomic E-state index is 13.5. The number of ether oxygens (including phenoxy) is 2. The Labute approximate surface area is 193 Å². The van der Waals surface area contributed by atoms with Gasteiger partial charge in [-0.15, -0.1) is 0 Å². The van der Waals surface area contributed by atoms with Crippen molar-refractivity contribution in [3.8, 4) is 5.75 Å². The van der Waals surface area contributed by atoms with Crippen molar-refractivity contribution in [1.82, 2.24) is 5.32 Å². The topological polar surface area (TPSA) is 64.6 Å². The van der Waals surface area contributed by atoms with Crippen LogP contribution in [0.25, 0.3) is 0 Å². The molecule has 5 nitrogen and oxygen atoms in total. The molecule has 1 N–H and O–H groups in total. The van der Waals surface area contributed by atoms with Gasteiger partial charge in [-0.25, -0.2) is 0 Å². The lowest BCUT2D eigenvalue weighted by molar-refractivity contribution is -0.147. The number of carbonyl (C=O) groups excluding carboxylic acids is 2. The van der Waals surface area contributed by atoms with Crippen molar-refractivity contribution in [2.45, 2.75) is 31.6 Å². The largest absolute Gasteiger partial charge is 0.496 e. The summed E-state index contributed by atoms with van der Waals surface area (Å²) in [6, 6.07) is 15.1. The van der Waals surface area contributed by atoms with Crippen LogP contribution in [0, 0.1) is 5.92 Å². The monoisotopic (exact) mass is 451 g/mol. The highest BCUT2D eigenvalue weighted by Gasteiger charge is 2.46. The number of carbonyl (C=O) groups is 2. The fourth-order valence-electron chi connectivity index (χ4n) is 4.79. The van der Waals surface area contributed by atoms with Crippen LogP contribution >= 0.6 is 11.6 Å². The average Bonchev–Trinajstić information content (AvgIpc) is 2.78. The van der Waals surface area contributed by atoms with Gasteiger partial charge in [-0.1, -0.05) is 48.5 Å². The van der Waals surface area contributed by atoms with Crippen LogP contribution in [0.3, 0.4) is 0 Å². The minimum atomic E-state index is -0.721. The Morgan fingerprint density at radius 3 is 2.56 bits per heavy atom. The average molecular weight is 452 g/mol. The highest BCUT2D eigenvalue weighted by Crippen LogP contribution is 2.49. The number of allylic oxidation sites excluding steroid dienone is 2. The molecule has 1 aliphatic carbocycles.